The van der Waals surface area contributed by atoms with Crippen molar-refractivity contribution in [3.63, 3.8) is 0 Å². The molecule has 0 saturated heterocycles. The van der Waals surface area contributed by atoms with Gasteiger partial charge in [0.15, 0.2) is 0 Å². The van der Waals surface area contributed by atoms with E-state index in [0.29, 0.717) is 35.5 Å². The molecule has 0 fully saturated rings. The lowest BCUT2D eigenvalue weighted by atomic mass is 10.1. The molecule has 52 heavy (non-hydrogen) atoms. The normalized spacial score (nSPS) is 10.4. The minimum absolute atomic E-state index is 0.479. The van der Waals surface area contributed by atoms with E-state index in [0.717, 1.165) is 17.2 Å². The average Bonchev–Trinajstić information content (AvgIpc) is 3.95. The summed E-state index contributed by atoms with van der Waals surface area (Å²) in [6, 6.07) is 8.17. The van der Waals surface area contributed by atoms with E-state index < -0.39 is 0 Å². The van der Waals surface area contributed by atoms with Crippen LogP contribution in [0, 0.1) is 13.8 Å². The molecule has 6 aromatic heterocycles. The average molecular weight is 711 g/mol. The SMILES string of the molecule is CC(C)c1cc[nH]c1.CC(C)c1ccn[nH]1.CC(C)c1cnc[nH]1.CC(C)c1ncc[nH]1.Cc1cccnc1C(C)C.Cc1cncc(C(C)C)n1. The van der Waals surface area contributed by atoms with Crippen LogP contribution in [0.5, 0.6) is 0 Å². The first-order valence-corrected chi connectivity index (χ1v) is 18.4. The summed E-state index contributed by atoms with van der Waals surface area (Å²) in [7, 11) is 0. The molecule has 10 nitrogen and oxygen atoms in total. The Kier molecular flexibility index (Phi) is 21.8. The Bertz CT molecular complexity index is 1490. The van der Waals surface area contributed by atoms with Crippen molar-refractivity contribution in [2.24, 2.45) is 0 Å². The van der Waals surface area contributed by atoms with E-state index in [9.17, 15) is 0 Å². The molecule has 6 rings (SSSR count). The summed E-state index contributed by atoms with van der Waals surface area (Å²) in [5, 5.41) is 6.70. The Morgan fingerprint density at radius 1 is 0.577 bits per heavy atom. The number of aromatic nitrogens is 10. The Balaban J connectivity index is 0.000000313. The van der Waals surface area contributed by atoms with E-state index in [1.54, 1.807) is 24.9 Å². The van der Waals surface area contributed by atoms with Crippen molar-refractivity contribution in [2.75, 3.05) is 0 Å². The topological polar surface area (TPSA) is 140 Å². The van der Waals surface area contributed by atoms with Gasteiger partial charge < -0.3 is 15.0 Å². The molecule has 0 aromatic carbocycles. The number of H-pyrrole nitrogens is 4. The Labute approximate surface area is 313 Å². The number of aryl methyl sites for hydroxylation is 2. The van der Waals surface area contributed by atoms with Crippen LogP contribution >= 0.6 is 0 Å². The van der Waals surface area contributed by atoms with Crippen LogP contribution in [-0.4, -0.2) is 50.1 Å². The van der Waals surface area contributed by atoms with Crippen LogP contribution in [0.2, 0.25) is 0 Å². The van der Waals surface area contributed by atoms with Crippen LogP contribution in [0.1, 0.15) is 164 Å². The van der Waals surface area contributed by atoms with E-state index in [1.807, 2.05) is 56.2 Å². The fraction of sp³-hybridized carbons (Fsp3) is 0.476. The smallest absolute Gasteiger partial charge is 0.108 e. The maximum atomic E-state index is 4.31. The Hall–Kier alpha value is -4.86. The summed E-state index contributed by atoms with van der Waals surface area (Å²) < 4.78 is 0. The molecule has 6 aromatic rings. The molecular weight excluding hydrogens is 645 g/mol. The molecule has 0 unspecified atom stereocenters. The van der Waals surface area contributed by atoms with Gasteiger partial charge in [0.05, 0.1) is 17.7 Å². The van der Waals surface area contributed by atoms with Gasteiger partial charge in [0, 0.05) is 78.8 Å². The quantitative estimate of drug-likeness (QED) is 0.136. The molecule has 0 saturated carbocycles. The van der Waals surface area contributed by atoms with E-state index in [-0.39, 0.29) is 0 Å². The molecule has 0 aliphatic heterocycles. The van der Waals surface area contributed by atoms with Gasteiger partial charge in [-0.3, -0.25) is 20.1 Å². The van der Waals surface area contributed by atoms with Crippen molar-refractivity contribution < 1.29 is 0 Å². The lowest BCUT2D eigenvalue weighted by Crippen LogP contribution is -1.94. The number of imidazole rings is 2. The summed E-state index contributed by atoms with van der Waals surface area (Å²) >= 11 is 0. The second kappa shape index (κ2) is 25.2. The van der Waals surface area contributed by atoms with Crippen molar-refractivity contribution in [2.45, 2.75) is 132 Å². The number of aromatic amines is 4. The van der Waals surface area contributed by atoms with Crippen LogP contribution in [0.4, 0.5) is 0 Å². The summed E-state index contributed by atoms with van der Waals surface area (Å²) in [4.78, 5) is 29.6. The molecule has 6 heterocycles. The third-order valence-corrected chi connectivity index (χ3v) is 7.60. The number of hydrogen-bond acceptors (Lipinski definition) is 6. The first kappa shape index (κ1) is 45.2. The minimum Gasteiger partial charge on any atom is -0.367 e. The lowest BCUT2D eigenvalue weighted by Gasteiger charge is -2.05. The zero-order valence-corrected chi connectivity index (χ0v) is 34.2. The van der Waals surface area contributed by atoms with E-state index >= 15 is 0 Å². The highest BCUT2D eigenvalue weighted by atomic mass is 15.1. The molecule has 0 aliphatic carbocycles. The van der Waals surface area contributed by atoms with Crippen molar-refractivity contribution in [3.8, 4) is 0 Å². The molecule has 0 spiro atoms. The minimum atomic E-state index is 0.479. The standard InChI is InChI=1S/C9H13N.C8H12N2.C7H11N.3C6H10N2/c1-7(2)9-8(3)5-4-6-10-9;1-6(2)8-5-9-4-7(3)10-8;1-6(2)7-3-4-8-5-7;1-5(2)6-3-7-4-8-6;1-5(2)6-7-3-4-8-6;1-5(2)6-3-4-7-8-6/h4-7H,1-3H3;4-6H,1-3H3;3-6,8H,1-2H3;3*3-5H,1-2H3,(H,7,8). The van der Waals surface area contributed by atoms with Gasteiger partial charge in [-0.1, -0.05) is 89.2 Å². The highest BCUT2D eigenvalue weighted by Gasteiger charge is 2.02. The zero-order valence-electron chi connectivity index (χ0n) is 34.2. The number of pyridine rings is 1. The van der Waals surface area contributed by atoms with Crippen molar-refractivity contribution in [1.29, 1.82) is 0 Å². The summed E-state index contributed by atoms with van der Waals surface area (Å²) in [5.41, 5.74) is 8.34. The number of nitrogens with one attached hydrogen (secondary N) is 4. The fourth-order valence-electron chi connectivity index (χ4n) is 4.32. The molecule has 0 atom stereocenters. The maximum Gasteiger partial charge on any atom is 0.108 e. The van der Waals surface area contributed by atoms with Gasteiger partial charge in [0.1, 0.15) is 5.82 Å². The van der Waals surface area contributed by atoms with Crippen LogP contribution in [0.3, 0.4) is 0 Å². The van der Waals surface area contributed by atoms with Crippen molar-refractivity contribution in [1.82, 2.24) is 50.1 Å². The fourth-order valence-corrected chi connectivity index (χ4v) is 4.32. The zero-order chi connectivity index (χ0) is 39.1. The highest BCUT2D eigenvalue weighted by Crippen LogP contribution is 2.15. The number of hydrogen-bond donors (Lipinski definition) is 4. The van der Waals surface area contributed by atoms with Crippen LogP contribution in [0.15, 0.2) is 86.4 Å². The van der Waals surface area contributed by atoms with E-state index in [4.69, 9.17) is 0 Å². The first-order valence-electron chi connectivity index (χ1n) is 18.4. The largest absolute Gasteiger partial charge is 0.367 e. The summed E-state index contributed by atoms with van der Waals surface area (Å²) in [5.74, 6) is 4.39. The third-order valence-electron chi connectivity index (χ3n) is 7.60. The van der Waals surface area contributed by atoms with Crippen LogP contribution in [0.25, 0.3) is 0 Å². The second-order valence-corrected chi connectivity index (χ2v) is 14.4. The first-order chi connectivity index (χ1) is 24.6. The van der Waals surface area contributed by atoms with Gasteiger partial charge in [0.2, 0.25) is 0 Å². The third kappa shape index (κ3) is 18.9. The molecule has 10 heteroatoms. The predicted octanol–water partition coefficient (Wildman–Crippen LogP) is 11.2. The molecule has 0 amide bonds. The maximum absolute atomic E-state index is 4.31. The Morgan fingerprint density at radius 2 is 1.29 bits per heavy atom. The van der Waals surface area contributed by atoms with Crippen LogP contribution in [-0.2, 0) is 0 Å². The monoisotopic (exact) mass is 711 g/mol. The van der Waals surface area contributed by atoms with Gasteiger partial charge >= 0.3 is 0 Å². The number of rotatable bonds is 6. The number of nitrogens with zero attached hydrogens (tertiary/aromatic N) is 6. The lowest BCUT2D eigenvalue weighted by molar-refractivity contribution is 0.794. The van der Waals surface area contributed by atoms with Crippen molar-refractivity contribution in [3.05, 3.63) is 132 Å². The molecule has 4 N–H and O–H groups in total. The second-order valence-electron chi connectivity index (χ2n) is 14.4. The van der Waals surface area contributed by atoms with E-state index in [1.165, 1.54) is 28.2 Å². The predicted molar refractivity (Wildman–Crippen MR) is 217 cm³/mol. The van der Waals surface area contributed by atoms with Gasteiger partial charge in [-0.2, -0.15) is 5.10 Å². The molecular formula is C42H66N10. The highest BCUT2D eigenvalue weighted by molar-refractivity contribution is 5.20. The molecule has 0 radical (unpaired) electrons. The molecule has 0 bridgehead atoms. The van der Waals surface area contributed by atoms with Gasteiger partial charge in [-0.25, -0.2) is 9.97 Å². The summed E-state index contributed by atoms with van der Waals surface area (Å²) in [6.45, 7) is 29.7. The Morgan fingerprint density at radius 3 is 1.60 bits per heavy atom. The summed E-state index contributed by atoms with van der Waals surface area (Å²) in [6.07, 6.45) is 18.4. The van der Waals surface area contributed by atoms with Crippen LogP contribution < -0.4 is 0 Å². The van der Waals surface area contributed by atoms with E-state index in [2.05, 4.69) is 152 Å². The van der Waals surface area contributed by atoms with Crippen molar-refractivity contribution >= 4 is 0 Å². The van der Waals surface area contributed by atoms with Gasteiger partial charge in [-0.05, 0) is 72.8 Å². The molecule has 0 aliphatic rings. The van der Waals surface area contributed by atoms with Gasteiger partial charge in [-0.15, -0.1) is 0 Å². The van der Waals surface area contributed by atoms with Gasteiger partial charge in [0.25, 0.3) is 0 Å². The molecule has 284 valence electrons.